The average molecular weight is 1260 g/mol. The Kier molecular flexibility index (Phi) is 30.0. The first-order chi connectivity index (χ1) is 43.1. The van der Waals surface area contributed by atoms with E-state index in [2.05, 4.69) is 86.3 Å². The van der Waals surface area contributed by atoms with Gasteiger partial charge >= 0.3 is 0 Å². The second kappa shape index (κ2) is 37.4. The standard InChI is InChI=1S/C36H45FN8O5.C24H32N2O3.C8H20N2.H2S/c1-25(38-24-46)35(49)44-14-12-42(13-15-44)22-26-8-10-41(11-9-26)23-33(47)43-16-18-45(19-17-43)36(50)30-20-27(6-7-31(30)37)21-32-28-4-2-3-5-29(28)34(48)40-39-32;1-4-29-23-14-22(28-3)11-10-20(23)15-25-16-24(27)26-12-6-9-21(17-26)19-8-5-7-18(2)13-19;1-4-10-7-8(2)5-6-9-3;/h2-7,20,24-26H,8-19,21-23H2,1H3,(H,38,46)(H,40,48);5,7-8,10-11,13-14,21,25H,4,6,9,12,15-17H2,1-3H3;8-10H,4-7H2,1-3H3;1H2. The third-order valence-corrected chi connectivity index (χ3v) is 17.4. The number of halogens is 1. The van der Waals surface area contributed by atoms with Crippen LogP contribution in [0, 0.1) is 24.6 Å². The molecule has 0 aliphatic carbocycles. The van der Waals surface area contributed by atoms with Gasteiger partial charge in [0, 0.05) is 108 Å². The Bertz CT molecular complexity index is 3120. The number of piperidine rings is 2. The van der Waals surface area contributed by atoms with Gasteiger partial charge in [-0.05, 0) is 140 Å². The molecule has 4 fully saturated rings. The van der Waals surface area contributed by atoms with Crippen molar-refractivity contribution >= 4 is 54.3 Å². The molecule has 0 spiro atoms. The van der Waals surface area contributed by atoms with Crippen LogP contribution < -0.4 is 36.3 Å². The van der Waals surface area contributed by atoms with Crippen molar-refractivity contribution in [1.29, 1.82) is 0 Å². The zero-order valence-electron chi connectivity index (χ0n) is 54.1. The lowest BCUT2D eigenvalue weighted by Crippen LogP contribution is -2.54. The summed E-state index contributed by atoms with van der Waals surface area (Å²) in [5.74, 6) is 2.48. The molecule has 5 amide bonds. The topological polar surface area (TPSA) is 217 Å². The minimum atomic E-state index is -0.601. The maximum absolute atomic E-state index is 14.9. The molecule has 0 radical (unpaired) electrons. The number of piperazine rings is 2. The smallest absolute Gasteiger partial charge is 0.272 e. The zero-order chi connectivity index (χ0) is 63.7. The molecular weight excluding hydrogens is 1160 g/mol. The van der Waals surface area contributed by atoms with Crippen molar-refractivity contribution in [2.24, 2.45) is 11.8 Å². The Morgan fingerprint density at radius 1 is 0.789 bits per heavy atom. The molecule has 4 aromatic carbocycles. The number of fused-ring (bicyclic) bond motifs is 1. The number of rotatable bonds is 24. The van der Waals surface area contributed by atoms with Crippen LogP contribution in [0.3, 0.4) is 0 Å². The molecule has 4 aliphatic heterocycles. The highest BCUT2D eigenvalue weighted by molar-refractivity contribution is 7.59. The van der Waals surface area contributed by atoms with Gasteiger partial charge in [0.05, 0.1) is 43.4 Å². The third-order valence-electron chi connectivity index (χ3n) is 17.4. The molecular formula is C68H99FN12O8S. The highest BCUT2D eigenvalue weighted by atomic mass is 32.1. The summed E-state index contributed by atoms with van der Waals surface area (Å²) in [4.78, 5) is 86.5. The zero-order valence-corrected chi connectivity index (χ0v) is 55.1. The van der Waals surface area contributed by atoms with Gasteiger partial charge in [0.15, 0.2) is 0 Å². The van der Waals surface area contributed by atoms with Crippen LogP contribution in [0.5, 0.6) is 11.5 Å². The van der Waals surface area contributed by atoms with Gasteiger partial charge in [-0.15, -0.1) is 0 Å². The number of aryl methyl sites for hydroxylation is 1. The number of nitrogens with zero attached hydrogens (tertiary/aromatic N) is 7. The first-order valence-corrected chi connectivity index (χ1v) is 32.1. The van der Waals surface area contributed by atoms with Gasteiger partial charge in [0.2, 0.25) is 24.1 Å². The monoisotopic (exact) mass is 1260 g/mol. The van der Waals surface area contributed by atoms with Crippen molar-refractivity contribution in [3.63, 3.8) is 0 Å². The lowest BCUT2D eigenvalue weighted by Gasteiger charge is -2.40. The van der Waals surface area contributed by atoms with Gasteiger partial charge < -0.3 is 50.3 Å². The second-order valence-electron chi connectivity index (χ2n) is 24.0. The summed E-state index contributed by atoms with van der Waals surface area (Å²) in [5.41, 5.74) is 4.67. The van der Waals surface area contributed by atoms with E-state index >= 15 is 0 Å². The molecule has 20 nitrogen and oxygen atoms in total. The minimum absolute atomic E-state index is 0. The summed E-state index contributed by atoms with van der Waals surface area (Å²) in [5, 5.41) is 20.2. The van der Waals surface area contributed by atoms with Crippen LogP contribution in [-0.4, -0.2) is 214 Å². The Morgan fingerprint density at radius 2 is 1.51 bits per heavy atom. The van der Waals surface area contributed by atoms with Crippen LogP contribution in [0.25, 0.3) is 10.8 Å². The molecule has 0 saturated carbocycles. The summed E-state index contributed by atoms with van der Waals surface area (Å²) in [6.07, 6.45) is 6.36. The number of amides is 5. The quantitative estimate of drug-likeness (QED) is 0.0463. The van der Waals surface area contributed by atoms with Crippen molar-refractivity contribution in [3.8, 4) is 11.5 Å². The van der Waals surface area contributed by atoms with Crippen LogP contribution in [0.15, 0.2) is 89.7 Å². The van der Waals surface area contributed by atoms with E-state index in [0.717, 1.165) is 114 Å². The second-order valence-corrected chi connectivity index (χ2v) is 24.0. The molecule has 22 heteroatoms. The number of methoxy groups -OCH3 is 1. The summed E-state index contributed by atoms with van der Waals surface area (Å²) in [6, 6.07) is 25.6. The number of likely N-dealkylation sites (tertiary alicyclic amines) is 2. The molecule has 3 atom stereocenters. The molecule has 3 unspecified atom stereocenters. The molecule has 5 heterocycles. The number of nitrogens with one attached hydrogen (secondary N) is 5. The Morgan fingerprint density at radius 3 is 2.20 bits per heavy atom. The predicted molar refractivity (Wildman–Crippen MR) is 357 cm³/mol. The minimum Gasteiger partial charge on any atom is -0.497 e. The molecule has 5 N–H and O–H groups in total. The van der Waals surface area contributed by atoms with Crippen LogP contribution in [0.2, 0.25) is 0 Å². The van der Waals surface area contributed by atoms with E-state index < -0.39 is 17.8 Å². The molecule has 9 rings (SSSR count). The molecule has 492 valence electrons. The number of carbonyl (C=O) groups excluding carboxylic acids is 5. The normalized spacial score (nSPS) is 17.2. The van der Waals surface area contributed by atoms with Gasteiger partial charge in [0.25, 0.3) is 11.5 Å². The largest absolute Gasteiger partial charge is 0.497 e. The molecule has 4 aliphatic rings. The summed E-state index contributed by atoms with van der Waals surface area (Å²) in [6.45, 7) is 24.1. The molecule has 0 bridgehead atoms. The van der Waals surface area contributed by atoms with Crippen molar-refractivity contribution in [2.45, 2.75) is 91.6 Å². The number of aromatic nitrogens is 2. The summed E-state index contributed by atoms with van der Waals surface area (Å²) >= 11 is 0. The van der Waals surface area contributed by atoms with E-state index in [9.17, 15) is 33.2 Å². The Hall–Kier alpha value is -6.95. The fourth-order valence-electron chi connectivity index (χ4n) is 12.1. The van der Waals surface area contributed by atoms with Crippen LogP contribution in [0.1, 0.15) is 104 Å². The lowest BCUT2D eigenvalue weighted by molar-refractivity contribution is -0.136. The number of carbonyl (C=O) groups is 5. The van der Waals surface area contributed by atoms with Crippen molar-refractivity contribution in [2.75, 3.05) is 139 Å². The van der Waals surface area contributed by atoms with Gasteiger partial charge in [-0.2, -0.15) is 18.6 Å². The van der Waals surface area contributed by atoms with Crippen LogP contribution in [-0.2, 0) is 32.1 Å². The number of aromatic amines is 1. The number of ether oxygens (including phenoxy) is 2. The molecule has 90 heavy (non-hydrogen) atoms. The van der Waals surface area contributed by atoms with E-state index in [4.69, 9.17) is 9.47 Å². The predicted octanol–water partition coefficient (Wildman–Crippen LogP) is 5.78. The lowest BCUT2D eigenvalue weighted by atomic mass is 9.90. The highest BCUT2D eigenvalue weighted by Crippen LogP contribution is 2.29. The summed E-state index contributed by atoms with van der Waals surface area (Å²) in [7, 11) is 3.64. The Labute approximate surface area is 538 Å². The third kappa shape index (κ3) is 21.6. The van der Waals surface area contributed by atoms with E-state index in [-0.39, 0.29) is 42.3 Å². The number of H-pyrrole nitrogens is 1. The maximum atomic E-state index is 14.9. The van der Waals surface area contributed by atoms with Crippen molar-refractivity contribution in [1.82, 2.24) is 60.9 Å². The summed E-state index contributed by atoms with van der Waals surface area (Å²) < 4.78 is 25.9. The van der Waals surface area contributed by atoms with Gasteiger partial charge in [0.1, 0.15) is 23.4 Å². The Balaban J connectivity index is 0.000000271. The van der Waals surface area contributed by atoms with E-state index in [1.165, 1.54) is 23.6 Å². The number of hydrogen-bond acceptors (Lipinski definition) is 14. The molecule has 4 saturated heterocycles. The van der Waals surface area contributed by atoms with Gasteiger partial charge in [-0.3, -0.25) is 38.6 Å². The number of hydrogen-bond donors (Lipinski definition) is 5. The molecule has 5 aromatic rings. The van der Waals surface area contributed by atoms with Crippen molar-refractivity contribution < 1.29 is 37.8 Å². The van der Waals surface area contributed by atoms with Crippen LogP contribution in [0.4, 0.5) is 4.39 Å². The average Bonchev–Trinajstić information content (AvgIpc) is 1.91. The van der Waals surface area contributed by atoms with E-state index in [0.29, 0.717) is 112 Å². The maximum Gasteiger partial charge on any atom is 0.272 e. The first-order valence-electron chi connectivity index (χ1n) is 32.1. The SMILES string of the molecule is CC(NC=O)C(=O)N1CCN(CC2CCN(CC(=O)N3CCN(C(=O)c4cc(Cc5n[nH]c(=O)c6ccccc56)ccc4F)CC3)CC2)CC1.CCNCC(C)CCNC.CCOc1cc(OC)ccc1CNCC(=O)N1CCCC(c2cccc(C)c2)C1.S. The molecule has 1 aromatic heterocycles. The fraction of sp³-hybridized carbons (Fsp3) is 0.544. The first kappa shape index (κ1) is 72.1. The highest BCUT2D eigenvalue weighted by Gasteiger charge is 2.31. The van der Waals surface area contributed by atoms with E-state index in [1.807, 2.05) is 54.1 Å². The number of benzene rings is 4. The van der Waals surface area contributed by atoms with Gasteiger partial charge in [-0.25, -0.2) is 9.49 Å². The van der Waals surface area contributed by atoms with Crippen molar-refractivity contribution in [3.05, 3.63) is 135 Å². The van der Waals surface area contributed by atoms with Crippen LogP contribution >= 0.6 is 13.5 Å². The fourth-order valence-corrected chi connectivity index (χ4v) is 12.1. The van der Waals surface area contributed by atoms with E-state index in [1.54, 1.807) is 48.1 Å². The van der Waals surface area contributed by atoms with Gasteiger partial charge in [-0.1, -0.05) is 74.0 Å².